The van der Waals surface area contributed by atoms with Crippen molar-refractivity contribution in [1.29, 1.82) is 0 Å². The first-order valence-corrected chi connectivity index (χ1v) is 8.16. The Bertz CT molecular complexity index is 680. The van der Waals surface area contributed by atoms with Crippen molar-refractivity contribution in [3.05, 3.63) is 44.6 Å². The van der Waals surface area contributed by atoms with Crippen LogP contribution in [-0.4, -0.2) is 5.91 Å². The second-order valence-electron chi connectivity index (χ2n) is 5.74. The van der Waals surface area contributed by atoms with E-state index in [1.54, 1.807) is 11.3 Å². The maximum Gasteiger partial charge on any atom is 0.265 e. The molecule has 1 aliphatic carbocycles. The van der Waals surface area contributed by atoms with Gasteiger partial charge in [-0.3, -0.25) is 4.79 Å². The summed E-state index contributed by atoms with van der Waals surface area (Å²) in [4.78, 5) is 14.6. The Morgan fingerprint density at radius 3 is 2.62 bits per heavy atom. The van der Waals surface area contributed by atoms with Gasteiger partial charge < -0.3 is 11.1 Å². The molecule has 3 nitrogen and oxygen atoms in total. The molecule has 0 atom stereocenters. The molecule has 0 saturated heterocycles. The van der Waals surface area contributed by atoms with Gasteiger partial charge in [-0.15, -0.1) is 11.3 Å². The van der Waals surface area contributed by atoms with Crippen LogP contribution in [0.4, 0.5) is 11.4 Å². The number of aryl methyl sites for hydroxylation is 4. The standard InChI is InChI=1S/C17H20N2OS/c1-10-7-13(18)14(8-11(10)2)19-17(20)16-9-12-5-3-4-6-15(12)21-16/h7-9H,3-6,18H2,1-2H3,(H,19,20). The average Bonchev–Trinajstić information content (AvgIpc) is 2.88. The van der Waals surface area contributed by atoms with E-state index in [0.717, 1.165) is 28.8 Å². The van der Waals surface area contributed by atoms with Crippen LogP contribution in [0.15, 0.2) is 18.2 Å². The summed E-state index contributed by atoms with van der Waals surface area (Å²) in [6, 6.07) is 5.90. The van der Waals surface area contributed by atoms with Crippen LogP contribution >= 0.6 is 11.3 Å². The van der Waals surface area contributed by atoms with Crippen molar-refractivity contribution in [2.45, 2.75) is 39.5 Å². The molecular weight excluding hydrogens is 280 g/mol. The van der Waals surface area contributed by atoms with Crippen LogP contribution < -0.4 is 11.1 Å². The molecule has 4 heteroatoms. The van der Waals surface area contributed by atoms with Crippen LogP contribution in [0.2, 0.25) is 0 Å². The topological polar surface area (TPSA) is 55.1 Å². The molecule has 0 fully saturated rings. The number of nitrogens with two attached hydrogens (primary N) is 1. The van der Waals surface area contributed by atoms with Gasteiger partial charge in [-0.1, -0.05) is 0 Å². The molecule has 1 aromatic heterocycles. The number of fused-ring (bicyclic) bond motifs is 1. The lowest BCUT2D eigenvalue weighted by Crippen LogP contribution is -2.12. The summed E-state index contributed by atoms with van der Waals surface area (Å²) in [7, 11) is 0. The highest BCUT2D eigenvalue weighted by Gasteiger charge is 2.18. The molecule has 3 N–H and O–H groups in total. The average molecular weight is 300 g/mol. The molecule has 0 bridgehead atoms. The van der Waals surface area contributed by atoms with E-state index in [4.69, 9.17) is 5.73 Å². The van der Waals surface area contributed by atoms with Crippen LogP contribution in [0.3, 0.4) is 0 Å². The van der Waals surface area contributed by atoms with E-state index in [-0.39, 0.29) is 5.91 Å². The highest BCUT2D eigenvalue weighted by atomic mass is 32.1. The third-order valence-corrected chi connectivity index (χ3v) is 5.37. The van der Waals surface area contributed by atoms with Gasteiger partial charge in [-0.05, 0) is 74.4 Å². The summed E-state index contributed by atoms with van der Waals surface area (Å²) in [6.07, 6.45) is 4.68. The highest BCUT2D eigenvalue weighted by Crippen LogP contribution is 2.31. The second kappa shape index (κ2) is 5.53. The third kappa shape index (κ3) is 2.81. The fourth-order valence-corrected chi connectivity index (χ4v) is 3.88. The van der Waals surface area contributed by atoms with Crippen LogP contribution in [0, 0.1) is 13.8 Å². The number of hydrogen-bond acceptors (Lipinski definition) is 3. The van der Waals surface area contributed by atoms with Crippen molar-refractivity contribution in [3.63, 3.8) is 0 Å². The number of carbonyl (C=O) groups excluding carboxylic acids is 1. The number of anilines is 2. The summed E-state index contributed by atoms with van der Waals surface area (Å²) in [6.45, 7) is 4.04. The normalized spacial score (nSPS) is 13.8. The van der Waals surface area contributed by atoms with E-state index in [9.17, 15) is 4.79 Å². The van der Waals surface area contributed by atoms with Crippen molar-refractivity contribution in [1.82, 2.24) is 0 Å². The number of nitrogens with one attached hydrogen (secondary N) is 1. The molecule has 1 aromatic carbocycles. The van der Waals surface area contributed by atoms with Crippen molar-refractivity contribution >= 4 is 28.6 Å². The number of rotatable bonds is 2. The van der Waals surface area contributed by atoms with Gasteiger partial charge in [0, 0.05) is 4.88 Å². The number of thiophene rings is 1. The van der Waals surface area contributed by atoms with Gasteiger partial charge in [0.05, 0.1) is 16.3 Å². The van der Waals surface area contributed by atoms with Crippen LogP contribution in [0.25, 0.3) is 0 Å². The van der Waals surface area contributed by atoms with E-state index in [1.807, 2.05) is 32.0 Å². The largest absolute Gasteiger partial charge is 0.397 e. The van der Waals surface area contributed by atoms with Gasteiger partial charge in [0.15, 0.2) is 0 Å². The molecule has 0 spiro atoms. The predicted octanol–water partition coefficient (Wildman–Crippen LogP) is 4.08. The molecule has 110 valence electrons. The number of carbonyl (C=O) groups is 1. The Hall–Kier alpha value is -1.81. The Kier molecular flexibility index (Phi) is 3.72. The Morgan fingerprint density at radius 2 is 1.86 bits per heavy atom. The molecule has 0 saturated carbocycles. The van der Waals surface area contributed by atoms with E-state index in [0.29, 0.717) is 11.4 Å². The first-order chi connectivity index (χ1) is 10.0. The quantitative estimate of drug-likeness (QED) is 0.821. The minimum absolute atomic E-state index is 0.0515. The van der Waals surface area contributed by atoms with E-state index < -0.39 is 0 Å². The Labute approximate surface area is 129 Å². The number of hydrogen-bond donors (Lipinski definition) is 2. The van der Waals surface area contributed by atoms with Crippen LogP contribution in [0.5, 0.6) is 0 Å². The predicted molar refractivity (Wildman–Crippen MR) is 89.2 cm³/mol. The van der Waals surface area contributed by atoms with Gasteiger partial charge in [0.25, 0.3) is 5.91 Å². The van der Waals surface area contributed by atoms with E-state index >= 15 is 0 Å². The zero-order chi connectivity index (χ0) is 15.0. The molecule has 0 radical (unpaired) electrons. The lowest BCUT2D eigenvalue weighted by atomic mass is 9.99. The van der Waals surface area contributed by atoms with Crippen molar-refractivity contribution in [2.24, 2.45) is 0 Å². The van der Waals surface area contributed by atoms with E-state index in [2.05, 4.69) is 5.32 Å². The monoisotopic (exact) mass is 300 g/mol. The van der Waals surface area contributed by atoms with Crippen molar-refractivity contribution in [3.8, 4) is 0 Å². The van der Waals surface area contributed by atoms with Crippen molar-refractivity contribution in [2.75, 3.05) is 11.1 Å². The fraction of sp³-hybridized carbons (Fsp3) is 0.353. The zero-order valence-corrected chi connectivity index (χ0v) is 13.3. The highest BCUT2D eigenvalue weighted by molar-refractivity contribution is 7.14. The summed E-state index contributed by atoms with van der Waals surface area (Å²) >= 11 is 1.62. The van der Waals surface area contributed by atoms with Gasteiger partial charge in [0.1, 0.15) is 0 Å². The molecule has 21 heavy (non-hydrogen) atoms. The SMILES string of the molecule is Cc1cc(N)c(NC(=O)c2cc3c(s2)CCCC3)cc1C. The summed E-state index contributed by atoms with van der Waals surface area (Å²) in [5.41, 5.74) is 10.9. The fourth-order valence-electron chi connectivity index (χ4n) is 2.73. The summed E-state index contributed by atoms with van der Waals surface area (Å²) in [5.74, 6) is -0.0515. The molecule has 1 aliphatic rings. The lowest BCUT2D eigenvalue weighted by molar-refractivity contribution is 0.103. The third-order valence-electron chi connectivity index (χ3n) is 4.13. The maximum absolute atomic E-state index is 12.4. The van der Waals surface area contributed by atoms with Crippen LogP contribution in [-0.2, 0) is 12.8 Å². The molecular formula is C17H20N2OS. The Morgan fingerprint density at radius 1 is 1.14 bits per heavy atom. The van der Waals surface area contributed by atoms with Crippen LogP contribution in [0.1, 0.15) is 44.1 Å². The first-order valence-electron chi connectivity index (χ1n) is 7.34. The summed E-state index contributed by atoms with van der Waals surface area (Å²) < 4.78 is 0. The number of nitrogen functional groups attached to an aromatic ring is 1. The number of benzene rings is 1. The van der Waals surface area contributed by atoms with Gasteiger partial charge in [-0.25, -0.2) is 0 Å². The molecule has 0 unspecified atom stereocenters. The molecule has 3 rings (SSSR count). The van der Waals surface area contributed by atoms with Gasteiger partial charge in [-0.2, -0.15) is 0 Å². The molecule has 1 heterocycles. The van der Waals surface area contributed by atoms with Crippen molar-refractivity contribution < 1.29 is 4.79 Å². The minimum atomic E-state index is -0.0515. The number of amides is 1. The van der Waals surface area contributed by atoms with Gasteiger partial charge >= 0.3 is 0 Å². The maximum atomic E-state index is 12.4. The summed E-state index contributed by atoms with van der Waals surface area (Å²) in [5, 5.41) is 2.95. The van der Waals surface area contributed by atoms with E-state index in [1.165, 1.54) is 23.3 Å². The smallest absolute Gasteiger partial charge is 0.265 e. The first kappa shape index (κ1) is 14.1. The molecule has 2 aromatic rings. The molecule has 0 aliphatic heterocycles. The van der Waals surface area contributed by atoms with Gasteiger partial charge in [0.2, 0.25) is 0 Å². The zero-order valence-electron chi connectivity index (χ0n) is 12.5. The lowest BCUT2D eigenvalue weighted by Gasteiger charge is -2.10. The molecule has 1 amide bonds. The second-order valence-corrected chi connectivity index (χ2v) is 6.88. The minimum Gasteiger partial charge on any atom is -0.397 e. The Balaban J connectivity index is 1.83.